The summed E-state index contributed by atoms with van der Waals surface area (Å²) < 4.78 is 5.72. The van der Waals surface area contributed by atoms with E-state index in [0.717, 1.165) is 27.6 Å². The number of benzene rings is 3. The summed E-state index contributed by atoms with van der Waals surface area (Å²) in [5.74, 6) is 2.90. The number of aryl methyl sites for hydroxylation is 1. The van der Waals surface area contributed by atoms with E-state index in [1.165, 1.54) is 11.8 Å². The summed E-state index contributed by atoms with van der Waals surface area (Å²) in [5.41, 5.74) is 2.49. The maximum atomic E-state index is 12.6. The Morgan fingerprint density at radius 2 is 2.07 bits per heavy atom. The summed E-state index contributed by atoms with van der Waals surface area (Å²) >= 11 is 7.35. The molecule has 1 saturated heterocycles. The number of halogens is 1. The maximum absolute atomic E-state index is 12.6. The Bertz CT molecular complexity index is 1260. The van der Waals surface area contributed by atoms with Crippen molar-refractivity contribution in [3.8, 4) is 18.1 Å². The number of nitrogens with zero attached hydrogens (tertiary/aromatic N) is 1. The largest absolute Gasteiger partial charge is 0.480 e. The molecule has 6 heteroatoms. The fourth-order valence-electron chi connectivity index (χ4n) is 3.09. The van der Waals surface area contributed by atoms with Crippen molar-refractivity contribution in [2.45, 2.75) is 6.92 Å². The number of ether oxygens (including phenoxy) is 1. The number of terminal acetylenes is 1. The first-order valence-corrected chi connectivity index (χ1v) is 10.4. The third-order valence-corrected chi connectivity index (χ3v) is 5.71. The minimum atomic E-state index is -0.214. The van der Waals surface area contributed by atoms with Crippen LogP contribution in [-0.4, -0.2) is 17.7 Å². The first kappa shape index (κ1) is 20.1. The normalized spacial score (nSPS) is 16.1. The quantitative estimate of drug-likeness (QED) is 0.424. The van der Waals surface area contributed by atoms with Gasteiger partial charge in [-0.25, -0.2) is 4.99 Å². The van der Waals surface area contributed by atoms with Crippen molar-refractivity contribution in [3.05, 3.63) is 75.7 Å². The van der Waals surface area contributed by atoms with Crippen LogP contribution in [0.5, 0.6) is 5.75 Å². The van der Waals surface area contributed by atoms with Gasteiger partial charge >= 0.3 is 0 Å². The lowest BCUT2D eigenvalue weighted by molar-refractivity contribution is -0.115. The summed E-state index contributed by atoms with van der Waals surface area (Å²) in [6.45, 7) is 2.09. The molecule has 1 N–H and O–H groups in total. The summed E-state index contributed by atoms with van der Waals surface area (Å²) in [4.78, 5) is 17.7. The van der Waals surface area contributed by atoms with Gasteiger partial charge in [-0.1, -0.05) is 53.9 Å². The highest BCUT2D eigenvalue weighted by Crippen LogP contribution is 2.35. The zero-order valence-electron chi connectivity index (χ0n) is 16.1. The van der Waals surface area contributed by atoms with E-state index in [0.29, 0.717) is 20.8 Å². The van der Waals surface area contributed by atoms with Crippen molar-refractivity contribution < 1.29 is 9.53 Å². The minimum Gasteiger partial charge on any atom is -0.480 e. The van der Waals surface area contributed by atoms with Crippen molar-refractivity contribution in [1.82, 2.24) is 5.32 Å². The Labute approximate surface area is 184 Å². The van der Waals surface area contributed by atoms with Gasteiger partial charge in [0.05, 0.1) is 10.6 Å². The molecule has 4 rings (SSSR count). The van der Waals surface area contributed by atoms with E-state index in [1.54, 1.807) is 6.07 Å². The highest BCUT2D eigenvalue weighted by molar-refractivity contribution is 8.18. The van der Waals surface area contributed by atoms with E-state index >= 15 is 0 Å². The predicted octanol–water partition coefficient (Wildman–Crippen LogP) is 5.71. The molecule has 0 bridgehead atoms. The molecule has 0 unspecified atom stereocenters. The first-order chi connectivity index (χ1) is 14.5. The second kappa shape index (κ2) is 8.66. The molecule has 3 aromatic rings. The van der Waals surface area contributed by atoms with Crippen molar-refractivity contribution in [1.29, 1.82) is 0 Å². The number of nitrogens with one attached hydrogen (secondary N) is 1. The topological polar surface area (TPSA) is 50.7 Å². The molecule has 3 aromatic carbocycles. The van der Waals surface area contributed by atoms with Gasteiger partial charge in [0, 0.05) is 10.6 Å². The Balaban J connectivity index is 1.74. The molecular weight excluding hydrogens is 416 g/mol. The lowest BCUT2D eigenvalue weighted by atomic mass is 10.0. The van der Waals surface area contributed by atoms with Crippen LogP contribution in [0.25, 0.3) is 16.8 Å². The number of carbonyl (C=O) groups is 1. The van der Waals surface area contributed by atoms with Crippen molar-refractivity contribution in [2.75, 3.05) is 6.61 Å². The van der Waals surface area contributed by atoms with Crippen LogP contribution in [-0.2, 0) is 4.79 Å². The number of amides is 1. The third kappa shape index (κ3) is 4.20. The monoisotopic (exact) mass is 432 g/mol. The molecule has 30 heavy (non-hydrogen) atoms. The van der Waals surface area contributed by atoms with Gasteiger partial charge < -0.3 is 10.1 Å². The number of rotatable bonds is 4. The van der Waals surface area contributed by atoms with Crippen LogP contribution in [0.4, 0.5) is 5.69 Å². The minimum absolute atomic E-state index is 0.147. The Morgan fingerprint density at radius 1 is 1.23 bits per heavy atom. The second-order valence-electron chi connectivity index (χ2n) is 6.60. The molecular formula is C24H17ClN2O2S. The maximum Gasteiger partial charge on any atom is 0.264 e. The van der Waals surface area contributed by atoms with Crippen LogP contribution in [0.1, 0.15) is 11.1 Å². The molecule has 0 radical (unpaired) electrons. The average Bonchev–Trinajstić information content (AvgIpc) is 3.09. The van der Waals surface area contributed by atoms with Gasteiger partial charge in [0.2, 0.25) is 0 Å². The predicted molar refractivity (Wildman–Crippen MR) is 125 cm³/mol. The summed E-state index contributed by atoms with van der Waals surface area (Å²) in [5, 5.41) is 5.94. The van der Waals surface area contributed by atoms with E-state index in [2.05, 4.69) is 16.2 Å². The van der Waals surface area contributed by atoms with Crippen LogP contribution >= 0.6 is 23.4 Å². The van der Waals surface area contributed by atoms with E-state index < -0.39 is 0 Å². The van der Waals surface area contributed by atoms with E-state index in [9.17, 15) is 4.79 Å². The summed E-state index contributed by atoms with van der Waals surface area (Å²) in [6.07, 6.45) is 7.18. The van der Waals surface area contributed by atoms with Crippen LogP contribution in [0.3, 0.4) is 0 Å². The van der Waals surface area contributed by atoms with Gasteiger partial charge in [-0.15, -0.1) is 6.42 Å². The zero-order valence-corrected chi connectivity index (χ0v) is 17.7. The number of carbonyl (C=O) groups excluding carboxylic acids is 1. The second-order valence-corrected chi connectivity index (χ2v) is 8.07. The zero-order chi connectivity index (χ0) is 21.1. The number of aliphatic imine (C=N–C) groups is 1. The number of thioether (sulfide) groups is 1. The molecule has 4 nitrogen and oxygen atoms in total. The number of hydrogen-bond donors (Lipinski definition) is 1. The SMILES string of the molecule is C#CCOc1ccc2ccccc2c1/C=C1\SC(=Nc2cc(Cl)ccc2C)NC1=O. The first-order valence-electron chi connectivity index (χ1n) is 9.19. The molecule has 0 aliphatic carbocycles. The Morgan fingerprint density at radius 3 is 2.90 bits per heavy atom. The van der Waals surface area contributed by atoms with E-state index in [4.69, 9.17) is 22.8 Å². The van der Waals surface area contributed by atoms with E-state index in [-0.39, 0.29) is 12.5 Å². The molecule has 1 aliphatic rings. The molecule has 1 fully saturated rings. The number of fused-ring (bicyclic) bond motifs is 1. The lowest BCUT2D eigenvalue weighted by Crippen LogP contribution is -2.19. The molecule has 0 saturated carbocycles. The van der Waals surface area contributed by atoms with E-state index in [1.807, 2.05) is 61.5 Å². The van der Waals surface area contributed by atoms with Gasteiger partial charge in [-0.05, 0) is 59.3 Å². The van der Waals surface area contributed by atoms with Crippen LogP contribution in [0.2, 0.25) is 5.02 Å². The number of hydrogen-bond acceptors (Lipinski definition) is 4. The van der Waals surface area contributed by atoms with Crippen LogP contribution in [0, 0.1) is 19.3 Å². The molecule has 0 aromatic heterocycles. The highest BCUT2D eigenvalue weighted by Gasteiger charge is 2.25. The summed E-state index contributed by atoms with van der Waals surface area (Å²) in [6, 6.07) is 17.2. The van der Waals surface area contributed by atoms with Crippen LogP contribution < -0.4 is 10.1 Å². The molecule has 1 heterocycles. The van der Waals surface area contributed by atoms with Crippen molar-refractivity contribution in [2.24, 2.45) is 4.99 Å². The average molecular weight is 433 g/mol. The standard InChI is InChI=1S/C24H17ClN2O2S/c1-3-12-29-21-11-9-16-6-4-5-7-18(16)19(21)14-22-23(28)27-24(30-22)26-20-13-17(25)10-8-15(20)2/h1,4-11,13-14H,12H2,2H3,(H,26,27,28)/b22-14-. The molecule has 148 valence electrons. The summed E-state index contributed by atoms with van der Waals surface area (Å²) in [7, 11) is 0. The lowest BCUT2D eigenvalue weighted by Gasteiger charge is -2.10. The van der Waals surface area contributed by atoms with Gasteiger partial charge in [0.25, 0.3) is 5.91 Å². The highest BCUT2D eigenvalue weighted by atomic mass is 35.5. The number of amidine groups is 1. The van der Waals surface area contributed by atoms with Gasteiger partial charge in [-0.2, -0.15) is 0 Å². The molecule has 1 aliphatic heterocycles. The van der Waals surface area contributed by atoms with Crippen molar-refractivity contribution >= 4 is 57.0 Å². The fraction of sp³-hybridized carbons (Fsp3) is 0.0833. The van der Waals surface area contributed by atoms with Crippen LogP contribution in [0.15, 0.2) is 64.5 Å². The van der Waals surface area contributed by atoms with Crippen molar-refractivity contribution in [3.63, 3.8) is 0 Å². The Kier molecular flexibility index (Phi) is 5.80. The van der Waals surface area contributed by atoms with Gasteiger partial charge in [0.1, 0.15) is 12.4 Å². The third-order valence-electron chi connectivity index (χ3n) is 4.56. The smallest absolute Gasteiger partial charge is 0.264 e. The molecule has 0 spiro atoms. The van der Waals surface area contributed by atoms with Gasteiger partial charge in [-0.3, -0.25) is 4.79 Å². The van der Waals surface area contributed by atoms with Gasteiger partial charge in [0.15, 0.2) is 5.17 Å². The fourth-order valence-corrected chi connectivity index (χ4v) is 4.08. The Hall–Kier alpha value is -3.20. The molecule has 1 amide bonds. The molecule has 0 atom stereocenters.